The highest BCUT2D eigenvalue weighted by atomic mass is 14.6. The molecule has 0 spiro atoms. The highest BCUT2D eigenvalue weighted by Crippen LogP contribution is 2.36. The van der Waals surface area contributed by atoms with Crippen molar-refractivity contribution in [2.75, 3.05) is 0 Å². The van der Waals surface area contributed by atoms with Crippen LogP contribution in [0.2, 0.25) is 0 Å². The Morgan fingerprint density at radius 2 is 1.80 bits per heavy atom. The molecule has 1 unspecified atom stereocenters. The number of aryl methyl sites for hydroxylation is 1. The molecular weight excluding hydrogens is 242 g/mol. The van der Waals surface area contributed by atoms with Crippen molar-refractivity contribution in [3.63, 3.8) is 0 Å². The van der Waals surface area contributed by atoms with Crippen LogP contribution in [0.25, 0.3) is 0 Å². The zero-order valence-corrected chi connectivity index (χ0v) is 12.0. The van der Waals surface area contributed by atoms with E-state index in [4.69, 9.17) is 5.73 Å². The molecule has 3 rings (SSSR count). The summed E-state index contributed by atoms with van der Waals surface area (Å²) in [6.45, 7) is 0. The minimum absolute atomic E-state index is 0.142. The van der Waals surface area contributed by atoms with Crippen LogP contribution in [0, 0.1) is 0 Å². The van der Waals surface area contributed by atoms with Crippen LogP contribution in [0.1, 0.15) is 54.3 Å². The molecule has 104 valence electrons. The lowest BCUT2D eigenvalue weighted by atomic mass is 9.79. The fourth-order valence-electron chi connectivity index (χ4n) is 2.93. The molecule has 1 saturated carbocycles. The Kier molecular flexibility index (Phi) is 4.17. The molecule has 0 aromatic heterocycles. The van der Waals surface area contributed by atoms with Gasteiger partial charge in [-0.15, -0.1) is 0 Å². The summed E-state index contributed by atoms with van der Waals surface area (Å²) in [5.41, 5.74) is 10.5. The maximum atomic E-state index is 6.28. The van der Waals surface area contributed by atoms with Gasteiger partial charge in [-0.05, 0) is 48.3 Å². The summed E-state index contributed by atoms with van der Waals surface area (Å²) in [5.74, 6) is 0.817. The first kappa shape index (κ1) is 13.4. The maximum absolute atomic E-state index is 6.28. The number of hydrogen-bond donors (Lipinski definition) is 1. The summed E-state index contributed by atoms with van der Waals surface area (Å²) in [7, 11) is 0. The minimum Gasteiger partial charge on any atom is -0.324 e. The number of benzene rings is 2. The van der Waals surface area contributed by atoms with Crippen molar-refractivity contribution in [1.82, 2.24) is 0 Å². The SMILES string of the molecule is NC(CCc1cccc(C2CCC2)c1)c1ccccc1. The first-order valence-electron chi connectivity index (χ1n) is 7.72. The third-order valence-electron chi connectivity index (χ3n) is 4.50. The summed E-state index contributed by atoms with van der Waals surface area (Å²) in [4.78, 5) is 0. The van der Waals surface area contributed by atoms with Gasteiger partial charge in [-0.25, -0.2) is 0 Å². The average molecular weight is 265 g/mol. The lowest BCUT2D eigenvalue weighted by Crippen LogP contribution is -2.12. The Bertz CT molecular complexity index is 543. The molecular formula is C19H23N. The lowest BCUT2D eigenvalue weighted by Gasteiger charge is -2.26. The van der Waals surface area contributed by atoms with Crippen LogP contribution in [-0.4, -0.2) is 0 Å². The van der Waals surface area contributed by atoms with Gasteiger partial charge in [0.25, 0.3) is 0 Å². The zero-order valence-electron chi connectivity index (χ0n) is 12.0. The van der Waals surface area contributed by atoms with Crippen molar-refractivity contribution in [2.24, 2.45) is 5.73 Å². The highest BCUT2D eigenvalue weighted by Gasteiger charge is 2.19. The van der Waals surface area contributed by atoms with Gasteiger partial charge in [0.1, 0.15) is 0 Å². The van der Waals surface area contributed by atoms with E-state index < -0.39 is 0 Å². The number of nitrogens with two attached hydrogens (primary N) is 1. The fraction of sp³-hybridized carbons (Fsp3) is 0.368. The number of hydrogen-bond acceptors (Lipinski definition) is 1. The molecule has 0 radical (unpaired) electrons. The van der Waals surface area contributed by atoms with Crippen molar-refractivity contribution in [3.05, 3.63) is 71.3 Å². The van der Waals surface area contributed by atoms with Crippen molar-refractivity contribution in [3.8, 4) is 0 Å². The molecule has 2 aromatic rings. The zero-order chi connectivity index (χ0) is 13.8. The second-order valence-electron chi connectivity index (χ2n) is 5.93. The second-order valence-corrected chi connectivity index (χ2v) is 5.93. The third kappa shape index (κ3) is 3.10. The van der Waals surface area contributed by atoms with Gasteiger partial charge in [0, 0.05) is 6.04 Å². The van der Waals surface area contributed by atoms with E-state index in [1.54, 1.807) is 0 Å². The Balaban J connectivity index is 1.60. The monoisotopic (exact) mass is 265 g/mol. The van der Waals surface area contributed by atoms with Crippen LogP contribution in [0.5, 0.6) is 0 Å². The molecule has 0 amide bonds. The minimum atomic E-state index is 0.142. The van der Waals surface area contributed by atoms with Crippen molar-refractivity contribution in [2.45, 2.75) is 44.1 Å². The van der Waals surface area contributed by atoms with Crippen molar-refractivity contribution < 1.29 is 0 Å². The molecule has 1 atom stereocenters. The molecule has 20 heavy (non-hydrogen) atoms. The summed E-state index contributed by atoms with van der Waals surface area (Å²) < 4.78 is 0. The van der Waals surface area contributed by atoms with E-state index in [1.165, 1.54) is 36.0 Å². The van der Waals surface area contributed by atoms with E-state index in [1.807, 2.05) is 6.07 Å². The Labute approximate surface area is 121 Å². The first-order chi connectivity index (χ1) is 9.83. The molecule has 1 nitrogen and oxygen atoms in total. The van der Waals surface area contributed by atoms with E-state index in [-0.39, 0.29) is 6.04 Å². The van der Waals surface area contributed by atoms with Gasteiger partial charge >= 0.3 is 0 Å². The molecule has 0 heterocycles. The summed E-state index contributed by atoms with van der Waals surface area (Å²) in [5, 5.41) is 0. The highest BCUT2D eigenvalue weighted by molar-refractivity contribution is 5.28. The molecule has 0 bridgehead atoms. The van der Waals surface area contributed by atoms with E-state index in [0.29, 0.717) is 0 Å². The second kappa shape index (κ2) is 6.23. The fourth-order valence-corrected chi connectivity index (χ4v) is 2.93. The first-order valence-corrected chi connectivity index (χ1v) is 7.72. The van der Waals surface area contributed by atoms with Gasteiger partial charge in [-0.1, -0.05) is 61.0 Å². The van der Waals surface area contributed by atoms with E-state index in [9.17, 15) is 0 Å². The molecule has 1 aliphatic carbocycles. The smallest absolute Gasteiger partial charge is 0.0298 e. The van der Waals surface area contributed by atoms with Gasteiger partial charge in [-0.2, -0.15) is 0 Å². The quantitative estimate of drug-likeness (QED) is 0.841. The Hall–Kier alpha value is -1.60. The molecule has 0 saturated heterocycles. The Morgan fingerprint density at radius 1 is 1.00 bits per heavy atom. The molecule has 1 heteroatoms. The van der Waals surface area contributed by atoms with Crippen molar-refractivity contribution >= 4 is 0 Å². The van der Waals surface area contributed by atoms with E-state index >= 15 is 0 Å². The van der Waals surface area contributed by atoms with Gasteiger partial charge < -0.3 is 5.73 Å². The lowest BCUT2D eigenvalue weighted by molar-refractivity contribution is 0.419. The topological polar surface area (TPSA) is 26.0 Å². The van der Waals surface area contributed by atoms with Crippen LogP contribution in [-0.2, 0) is 6.42 Å². The van der Waals surface area contributed by atoms with Gasteiger partial charge in [-0.3, -0.25) is 0 Å². The normalized spacial score (nSPS) is 16.6. The van der Waals surface area contributed by atoms with E-state index in [2.05, 4.69) is 48.5 Å². The van der Waals surface area contributed by atoms with Crippen LogP contribution >= 0.6 is 0 Å². The van der Waals surface area contributed by atoms with Crippen LogP contribution in [0.15, 0.2) is 54.6 Å². The largest absolute Gasteiger partial charge is 0.324 e. The predicted octanol–water partition coefficient (Wildman–Crippen LogP) is 4.59. The average Bonchev–Trinajstić information content (AvgIpc) is 2.44. The molecule has 2 N–H and O–H groups in total. The van der Waals surface area contributed by atoms with Crippen LogP contribution < -0.4 is 5.73 Å². The van der Waals surface area contributed by atoms with Crippen LogP contribution in [0.4, 0.5) is 0 Å². The predicted molar refractivity (Wildman–Crippen MR) is 84.7 cm³/mol. The summed E-state index contributed by atoms with van der Waals surface area (Å²) in [6, 6.07) is 19.7. The van der Waals surface area contributed by atoms with E-state index in [0.717, 1.165) is 18.8 Å². The molecule has 2 aromatic carbocycles. The third-order valence-corrected chi connectivity index (χ3v) is 4.50. The molecule has 1 aliphatic rings. The van der Waals surface area contributed by atoms with Crippen LogP contribution in [0.3, 0.4) is 0 Å². The summed E-state index contributed by atoms with van der Waals surface area (Å²) >= 11 is 0. The number of rotatable bonds is 5. The summed E-state index contributed by atoms with van der Waals surface area (Å²) in [6.07, 6.45) is 6.21. The molecule has 0 aliphatic heterocycles. The maximum Gasteiger partial charge on any atom is 0.0298 e. The van der Waals surface area contributed by atoms with Gasteiger partial charge in [0.05, 0.1) is 0 Å². The van der Waals surface area contributed by atoms with Gasteiger partial charge in [0.15, 0.2) is 0 Å². The van der Waals surface area contributed by atoms with Gasteiger partial charge in [0.2, 0.25) is 0 Å². The van der Waals surface area contributed by atoms with Crippen molar-refractivity contribution in [1.29, 1.82) is 0 Å². The standard InChI is InChI=1S/C19H23N/c20-19(17-7-2-1-3-8-17)13-12-15-6-4-11-18(14-15)16-9-5-10-16/h1-4,6-8,11,14,16,19H,5,9-10,12-13,20H2. The Morgan fingerprint density at radius 3 is 2.50 bits per heavy atom. The molecule has 1 fully saturated rings.